The smallest absolute Gasteiger partial charge is 0.227 e. The molecule has 8 nitrogen and oxygen atoms in total. The van der Waals surface area contributed by atoms with Gasteiger partial charge in [-0.05, 0) is 55.1 Å². The van der Waals surface area contributed by atoms with Crippen LogP contribution in [-0.2, 0) is 0 Å². The molecule has 0 atom stereocenters. The molecule has 1 aliphatic heterocycles. The highest BCUT2D eigenvalue weighted by Gasteiger charge is 2.22. The Labute approximate surface area is 256 Å². The van der Waals surface area contributed by atoms with Crippen molar-refractivity contribution in [2.75, 3.05) is 64.6 Å². The van der Waals surface area contributed by atoms with Gasteiger partial charge in [0.2, 0.25) is 5.95 Å². The van der Waals surface area contributed by atoms with Gasteiger partial charge >= 0.3 is 0 Å². The number of ether oxygens (including phenoxy) is 2. The molecule has 2 aromatic carbocycles. The molecule has 0 radical (unpaired) electrons. The minimum atomic E-state index is 0.477. The molecule has 0 unspecified atom stereocenters. The molecule has 5 rings (SSSR count). The lowest BCUT2D eigenvalue weighted by Gasteiger charge is -2.33. The Bertz CT molecular complexity index is 1530. The van der Waals surface area contributed by atoms with Crippen molar-refractivity contribution in [3.05, 3.63) is 66.4 Å². The molecule has 3 heterocycles. The Hall–Kier alpha value is -3.62. The monoisotopic (exact) mass is 600 g/mol. The zero-order chi connectivity index (χ0) is 29.3. The molecule has 10 heteroatoms. The Balaban J connectivity index is 1.28. The fourth-order valence-electron chi connectivity index (χ4n) is 5.04. The maximum Gasteiger partial charge on any atom is 0.227 e. The molecule has 2 aromatic heterocycles. The molecular weight excluding hydrogens is 565 g/mol. The highest BCUT2D eigenvalue weighted by Crippen LogP contribution is 2.46. The van der Waals surface area contributed by atoms with Crippen LogP contribution in [0.1, 0.15) is 18.9 Å². The van der Waals surface area contributed by atoms with E-state index >= 15 is 0 Å². The second-order valence-electron chi connectivity index (χ2n) is 9.91. The number of aromatic nitrogens is 2. The Morgan fingerprint density at radius 2 is 1.83 bits per heavy atom. The fourth-order valence-corrected chi connectivity index (χ4v) is 6.95. The summed E-state index contributed by atoms with van der Waals surface area (Å²) in [6.45, 7) is 9.67. The van der Waals surface area contributed by atoms with E-state index in [1.807, 2.05) is 60.9 Å². The molecule has 4 aromatic rings. The third-order valence-electron chi connectivity index (χ3n) is 7.31. The number of thioether (sulfide) groups is 1. The standard InChI is InChI=1S/C32H36N6O2S2/c1-4-37-15-17-38(18-16-37)14-7-19-40-26-11-6-9-24(21-26)35-32-34-13-12-28(36-32)30-29(27(22-33)31(41-3)42-30)23-8-5-10-25(20-23)39-2/h5-6,8-13,20-21H,4,7,14-19H2,1-3H3,(H,34,35,36). The normalized spacial score (nSPS) is 14.0. The van der Waals surface area contributed by atoms with Gasteiger partial charge in [0.25, 0.3) is 0 Å². The highest BCUT2D eigenvalue weighted by atomic mass is 32.2. The molecule has 0 amide bonds. The minimum Gasteiger partial charge on any atom is -0.497 e. The van der Waals surface area contributed by atoms with Crippen LogP contribution in [0.3, 0.4) is 0 Å². The van der Waals surface area contributed by atoms with Crippen LogP contribution in [0.4, 0.5) is 11.6 Å². The molecule has 1 N–H and O–H groups in total. The molecule has 0 aliphatic carbocycles. The number of benzene rings is 2. The third kappa shape index (κ3) is 7.23. The summed E-state index contributed by atoms with van der Waals surface area (Å²) in [4.78, 5) is 15.3. The Kier molecular flexibility index (Phi) is 10.3. The summed E-state index contributed by atoms with van der Waals surface area (Å²) < 4.78 is 12.5. The van der Waals surface area contributed by atoms with Crippen molar-refractivity contribution >= 4 is 34.7 Å². The highest BCUT2D eigenvalue weighted by molar-refractivity contribution is 8.00. The fraction of sp³-hybridized carbons (Fsp3) is 0.344. The van der Waals surface area contributed by atoms with Gasteiger partial charge in [0.15, 0.2) is 0 Å². The third-order valence-corrected chi connectivity index (χ3v) is 9.64. The van der Waals surface area contributed by atoms with E-state index < -0.39 is 0 Å². The Morgan fingerprint density at radius 3 is 2.60 bits per heavy atom. The van der Waals surface area contributed by atoms with Gasteiger partial charge in [0, 0.05) is 56.2 Å². The first-order valence-corrected chi connectivity index (χ1v) is 16.2. The average Bonchev–Trinajstić information content (AvgIpc) is 3.43. The largest absolute Gasteiger partial charge is 0.497 e. The number of likely N-dealkylation sites (N-methyl/N-ethyl adjacent to an activating group) is 1. The summed E-state index contributed by atoms with van der Waals surface area (Å²) in [5.74, 6) is 2.03. The van der Waals surface area contributed by atoms with E-state index in [9.17, 15) is 5.26 Å². The van der Waals surface area contributed by atoms with Crippen LogP contribution in [0.5, 0.6) is 11.5 Å². The zero-order valence-electron chi connectivity index (χ0n) is 24.3. The first-order valence-electron chi connectivity index (χ1n) is 14.1. The number of methoxy groups -OCH3 is 1. The van der Waals surface area contributed by atoms with Crippen LogP contribution < -0.4 is 14.8 Å². The van der Waals surface area contributed by atoms with E-state index in [-0.39, 0.29) is 0 Å². The van der Waals surface area contributed by atoms with E-state index in [1.54, 1.807) is 36.4 Å². The lowest BCUT2D eigenvalue weighted by Crippen LogP contribution is -2.46. The van der Waals surface area contributed by atoms with Crippen LogP contribution >= 0.6 is 23.1 Å². The minimum absolute atomic E-state index is 0.477. The van der Waals surface area contributed by atoms with Crippen molar-refractivity contribution in [3.8, 4) is 39.3 Å². The number of piperazine rings is 1. The second-order valence-corrected chi connectivity index (χ2v) is 12.0. The van der Waals surface area contributed by atoms with Crippen LogP contribution in [0.25, 0.3) is 21.7 Å². The number of thiophene rings is 1. The maximum absolute atomic E-state index is 10.1. The van der Waals surface area contributed by atoms with Crippen molar-refractivity contribution in [2.45, 2.75) is 17.6 Å². The van der Waals surface area contributed by atoms with E-state index in [0.717, 1.165) is 88.8 Å². The summed E-state index contributed by atoms with van der Waals surface area (Å²) in [5.41, 5.74) is 4.02. The molecule has 0 spiro atoms. The number of hydrogen-bond acceptors (Lipinski definition) is 10. The van der Waals surface area contributed by atoms with Crippen LogP contribution in [0, 0.1) is 11.3 Å². The number of nitriles is 1. The Morgan fingerprint density at radius 1 is 1.05 bits per heavy atom. The SMILES string of the molecule is CCN1CCN(CCCOc2cccc(Nc3nccc(-c4sc(SC)c(C#N)c4-c4cccc(OC)c4)n3)c2)CC1. The van der Waals surface area contributed by atoms with Gasteiger partial charge in [-0.25, -0.2) is 9.97 Å². The summed E-state index contributed by atoms with van der Waals surface area (Å²) in [6, 6.07) is 20.0. The summed E-state index contributed by atoms with van der Waals surface area (Å²) >= 11 is 3.13. The van der Waals surface area contributed by atoms with Gasteiger partial charge in [-0.2, -0.15) is 5.26 Å². The molecule has 1 fully saturated rings. The lowest BCUT2D eigenvalue weighted by molar-refractivity contribution is 0.130. The number of nitrogens with zero attached hydrogens (tertiary/aromatic N) is 5. The summed E-state index contributed by atoms with van der Waals surface area (Å²) in [5, 5.41) is 13.4. The van der Waals surface area contributed by atoms with Crippen molar-refractivity contribution < 1.29 is 9.47 Å². The van der Waals surface area contributed by atoms with Crippen LogP contribution in [-0.4, -0.2) is 79.0 Å². The van der Waals surface area contributed by atoms with Crippen molar-refractivity contribution in [1.82, 2.24) is 19.8 Å². The van der Waals surface area contributed by atoms with Gasteiger partial charge in [-0.3, -0.25) is 0 Å². The predicted molar refractivity (Wildman–Crippen MR) is 172 cm³/mol. The zero-order valence-corrected chi connectivity index (χ0v) is 25.9. The van der Waals surface area contributed by atoms with Gasteiger partial charge in [-0.1, -0.05) is 25.1 Å². The van der Waals surface area contributed by atoms with Crippen LogP contribution in [0.15, 0.2) is 65.0 Å². The van der Waals surface area contributed by atoms with Crippen molar-refractivity contribution in [1.29, 1.82) is 5.26 Å². The molecular formula is C32H36N6O2S2. The van der Waals surface area contributed by atoms with E-state index in [4.69, 9.17) is 14.5 Å². The molecule has 42 heavy (non-hydrogen) atoms. The number of anilines is 2. The van der Waals surface area contributed by atoms with Crippen LogP contribution in [0.2, 0.25) is 0 Å². The van der Waals surface area contributed by atoms with Gasteiger partial charge in [0.1, 0.15) is 17.6 Å². The van der Waals surface area contributed by atoms with Crippen molar-refractivity contribution in [2.24, 2.45) is 0 Å². The van der Waals surface area contributed by atoms with Gasteiger partial charge < -0.3 is 24.6 Å². The molecule has 0 saturated carbocycles. The molecule has 0 bridgehead atoms. The predicted octanol–water partition coefficient (Wildman–Crippen LogP) is 6.62. The molecule has 218 valence electrons. The maximum atomic E-state index is 10.1. The van der Waals surface area contributed by atoms with Crippen molar-refractivity contribution in [3.63, 3.8) is 0 Å². The lowest BCUT2D eigenvalue weighted by atomic mass is 10.0. The van der Waals surface area contributed by atoms with E-state index in [0.29, 0.717) is 18.1 Å². The van der Waals surface area contributed by atoms with Gasteiger partial charge in [-0.15, -0.1) is 23.1 Å². The summed E-state index contributed by atoms with van der Waals surface area (Å²) in [7, 11) is 1.64. The first-order chi connectivity index (χ1) is 20.6. The van der Waals surface area contributed by atoms with E-state index in [2.05, 4.69) is 33.1 Å². The molecule has 1 saturated heterocycles. The van der Waals surface area contributed by atoms with Gasteiger partial charge in [0.05, 0.1) is 34.1 Å². The number of hydrogen-bond donors (Lipinski definition) is 1. The topological polar surface area (TPSA) is 86.5 Å². The van der Waals surface area contributed by atoms with E-state index in [1.165, 1.54) is 0 Å². The number of nitrogens with one attached hydrogen (secondary N) is 1. The average molecular weight is 601 g/mol. The summed E-state index contributed by atoms with van der Waals surface area (Å²) in [6.07, 6.45) is 4.72. The number of rotatable bonds is 12. The second kappa shape index (κ2) is 14.5. The molecule has 1 aliphatic rings. The first kappa shape index (κ1) is 29.9. The quantitative estimate of drug-likeness (QED) is 0.142.